The molecule has 1 aromatic carbocycles. The molecule has 2 aromatic heterocycles. The van der Waals surface area contributed by atoms with Gasteiger partial charge in [-0.1, -0.05) is 29.4 Å². The second-order valence-electron chi connectivity index (χ2n) is 6.72. The van der Waals surface area contributed by atoms with E-state index in [0.29, 0.717) is 18.0 Å². The highest BCUT2D eigenvalue weighted by molar-refractivity contribution is 5.87. The maximum atomic E-state index is 12.6. The Balaban J connectivity index is 1.53. The molecular weight excluding hydrogens is 389 g/mol. The van der Waals surface area contributed by atoms with Crippen LogP contribution in [0.3, 0.4) is 0 Å². The van der Waals surface area contributed by atoms with E-state index in [9.17, 15) is 18.0 Å². The number of hydrogen-bond donors (Lipinski definition) is 0. The highest BCUT2D eigenvalue weighted by Gasteiger charge is 2.38. The Kier molecular flexibility index (Phi) is 4.85. The molecule has 1 saturated carbocycles. The third-order valence-electron chi connectivity index (χ3n) is 4.50. The SMILES string of the molecule is CCOC(=O)c1cc(C2CC2)n(Cc2ccc(-c3noc(C(F)(F)F)n3)cc2)n1. The maximum absolute atomic E-state index is 12.6. The van der Waals surface area contributed by atoms with Crippen LogP contribution in [0.1, 0.15) is 53.3 Å². The van der Waals surface area contributed by atoms with Crippen LogP contribution in [0.4, 0.5) is 13.2 Å². The summed E-state index contributed by atoms with van der Waals surface area (Å²) < 4.78 is 48.9. The van der Waals surface area contributed by atoms with E-state index < -0.39 is 18.0 Å². The zero-order valence-electron chi connectivity index (χ0n) is 15.4. The Labute approximate surface area is 163 Å². The molecule has 1 aliphatic rings. The van der Waals surface area contributed by atoms with Crippen LogP contribution in [0.2, 0.25) is 0 Å². The lowest BCUT2D eigenvalue weighted by Crippen LogP contribution is -2.09. The van der Waals surface area contributed by atoms with Crippen molar-refractivity contribution in [1.82, 2.24) is 19.9 Å². The minimum atomic E-state index is -4.68. The molecule has 3 aromatic rings. The number of esters is 1. The lowest BCUT2D eigenvalue weighted by Gasteiger charge is -2.07. The molecule has 0 bridgehead atoms. The first kappa shape index (κ1) is 19.2. The number of halogens is 3. The average Bonchev–Trinajstić information content (AvgIpc) is 3.23. The number of aromatic nitrogens is 4. The molecule has 1 fully saturated rings. The Morgan fingerprint density at radius 3 is 2.59 bits per heavy atom. The standard InChI is InChI=1S/C19H17F3N4O3/c1-2-28-17(27)14-9-15(12-7-8-12)26(24-14)10-11-3-5-13(6-4-11)16-23-18(29-25-16)19(20,21)22/h3-6,9,12H,2,7-8,10H2,1H3. The van der Waals surface area contributed by atoms with Gasteiger partial charge in [0, 0.05) is 17.2 Å². The second-order valence-corrected chi connectivity index (χ2v) is 6.72. The van der Waals surface area contributed by atoms with E-state index in [2.05, 4.69) is 19.8 Å². The summed E-state index contributed by atoms with van der Waals surface area (Å²) in [6, 6.07) is 8.50. The van der Waals surface area contributed by atoms with E-state index in [1.54, 1.807) is 41.9 Å². The topological polar surface area (TPSA) is 83.0 Å². The lowest BCUT2D eigenvalue weighted by atomic mass is 10.1. The minimum absolute atomic E-state index is 0.133. The Morgan fingerprint density at radius 1 is 1.28 bits per heavy atom. The van der Waals surface area contributed by atoms with E-state index in [4.69, 9.17) is 4.74 Å². The number of rotatable bonds is 6. The van der Waals surface area contributed by atoms with Gasteiger partial charge in [0.05, 0.1) is 13.2 Å². The van der Waals surface area contributed by atoms with Crippen LogP contribution >= 0.6 is 0 Å². The molecule has 0 atom stereocenters. The number of carbonyl (C=O) groups is 1. The smallest absolute Gasteiger partial charge is 0.461 e. The third-order valence-corrected chi connectivity index (χ3v) is 4.50. The average molecular weight is 406 g/mol. The van der Waals surface area contributed by atoms with Gasteiger partial charge in [-0.05, 0) is 31.4 Å². The van der Waals surface area contributed by atoms with Gasteiger partial charge < -0.3 is 9.26 Å². The zero-order chi connectivity index (χ0) is 20.6. The molecule has 0 saturated heterocycles. The molecule has 2 heterocycles. The fourth-order valence-corrected chi connectivity index (χ4v) is 2.96. The molecule has 4 rings (SSSR count). The van der Waals surface area contributed by atoms with Crippen molar-refractivity contribution >= 4 is 5.97 Å². The molecule has 10 heteroatoms. The number of ether oxygens (including phenoxy) is 1. The molecule has 1 aliphatic carbocycles. The number of benzene rings is 1. The van der Waals surface area contributed by atoms with E-state index in [1.165, 1.54) is 0 Å². The summed E-state index contributed by atoms with van der Waals surface area (Å²) in [6.45, 7) is 2.43. The van der Waals surface area contributed by atoms with E-state index in [-0.39, 0.29) is 18.1 Å². The number of hydrogen-bond acceptors (Lipinski definition) is 6. The van der Waals surface area contributed by atoms with E-state index in [1.807, 2.05) is 0 Å². The van der Waals surface area contributed by atoms with Crippen LogP contribution in [0, 0.1) is 0 Å². The minimum Gasteiger partial charge on any atom is -0.461 e. The van der Waals surface area contributed by atoms with E-state index >= 15 is 0 Å². The van der Waals surface area contributed by atoms with E-state index in [0.717, 1.165) is 24.1 Å². The van der Waals surface area contributed by atoms with Gasteiger partial charge in [0.1, 0.15) is 0 Å². The molecule has 0 aliphatic heterocycles. The van der Waals surface area contributed by atoms with Crippen molar-refractivity contribution < 1.29 is 27.2 Å². The van der Waals surface area contributed by atoms with Gasteiger partial charge in [-0.3, -0.25) is 4.68 Å². The molecule has 0 unspecified atom stereocenters. The summed E-state index contributed by atoms with van der Waals surface area (Å²) >= 11 is 0. The fraction of sp³-hybridized carbons (Fsp3) is 0.368. The van der Waals surface area contributed by atoms with Crippen molar-refractivity contribution in [3.63, 3.8) is 0 Å². The van der Waals surface area contributed by atoms with Gasteiger partial charge in [-0.2, -0.15) is 23.3 Å². The van der Waals surface area contributed by atoms with Crippen LogP contribution < -0.4 is 0 Å². The summed E-state index contributed by atoms with van der Waals surface area (Å²) in [7, 11) is 0. The fourth-order valence-electron chi connectivity index (χ4n) is 2.96. The van der Waals surface area contributed by atoms with Gasteiger partial charge in [0.15, 0.2) is 5.69 Å². The van der Waals surface area contributed by atoms with Crippen LogP contribution in [-0.4, -0.2) is 32.5 Å². The summed E-state index contributed by atoms with van der Waals surface area (Å²) in [5, 5.41) is 7.75. The Hall–Kier alpha value is -3.17. The van der Waals surface area contributed by atoms with Crippen molar-refractivity contribution in [2.24, 2.45) is 0 Å². The van der Waals surface area contributed by atoms with Gasteiger partial charge >= 0.3 is 18.0 Å². The van der Waals surface area contributed by atoms with Gasteiger partial charge in [-0.25, -0.2) is 4.79 Å². The summed E-state index contributed by atoms with van der Waals surface area (Å²) in [6.07, 6.45) is -2.58. The van der Waals surface area contributed by atoms with Crippen molar-refractivity contribution in [3.05, 3.63) is 53.2 Å². The second kappa shape index (κ2) is 7.34. The molecule has 0 amide bonds. The maximum Gasteiger partial charge on any atom is 0.471 e. The number of nitrogens with zero attached hydrogens (tertiary/aromatic N) is 4. The predicted molar refractivity (Wildman–Crippen MR) is 94.0 cm³/mol. The highest BCUT2D eigenvalue weighted by atomic mass is 19.4. The first-order valence-electron chi connectivity index (χ1n) is 9.10. The van der Waals surface area contributed by atoms with Gasteiger partial charge in [-0.15, -0.1) is 0 Å². The normalized spacial score (nSPS) is 14.2. The van der Waals surface area contributed by atoms with Crippen LogP contribution in [0.5, 0.6) is 0 Å². The molecule has 29 heavy (non-hydrogen) atoms. The summed E-state index contributed by atoms with van der Waals surface area (Å²) in [5.41, 5.74) is 2.53. The van der Waals surface area contributed by atoms with Gasteiger partial charge in [0.2, 0.25) is 5.82 Å². The lowest BCUT2D eigenvalue weighted by molar-refractivity contribution is -0.159. The molecule has 0 N–H and O–H groups in total. The molecule has 7 nitrogen and oxygen atoms in total. The molecular formula is C19H17F3N4O3. The summed E-state index contributed by atoms with van der Waals surface area (Å²) in [5.74, 6) is -1.59. The van der Waals surface area contributed by atoms with Crippen LogP contribution in [0.15, 0.2) is 34.9 Å². The largest absolute Gasteiger partial charge is 0.471 e. The van der Waals surface area contributed by atoms with Crippen LogP contribution in [0.25, 0.3) is 11.4 Å². The monoisotopic (exact) mass is 406 g/mol. The van der Waals surface area contributed by atoms with Crippen molar-refractivity contribution in [1.29, 1.82) is 0 Å². The summed E-state index contributed by atoms with van der Waals surface area (Å²) in [4.78, 5) is 15.4. The quantitative estimate of drug-likeness (QED) is 0.574. The molecule has 152 valence electrons. The first-order chi connectivity index (χ1) is 13.8. The van der Waals surface area contributed by atoms with Crippen molar-refractivity contribution in [3.8, 4) is 11.4 Å². The third kappa shape index (κ3) is 4.15. The highest BCUT2D eigenvalue weighted by Crippen LogP contribution is 2.40. The van der Waals surface area contributed by atoms with Crippen molar-refractivity contribution in [2.45, 2.75) is 38.4 Å². The molecule has 0 spiro atoms. The zero-order valence-corrected chi connectivity index (χ0v) is 15.4. The predicted octanol–water partition coefficient (Wildman–Crippen LogP) is 4.05. The number of alkyl halides is 3. The Bertz CT molecular complexity index is 1020. The Morgan fingerprint density at radius 2 is 2.00 bits per heavy atom. The van der Waals surface area contributed by atoms with Crippen LogP contribution in [-0.2, 0) is 17.5 Å². The van der Waals surface area contributed by atoms with Crippen molar-refractivity contribution in [2.75, 3.05) is 6.61 Å². The molecule has 0 radical (unpaired) electrons. The van der Waals surface area contributed by atoms with Gasteiger partial charge in [0.25, 0.3) is 0 Å². The number of carbonyl (C=O) groups excluding carboxylic acids is 1. The first-order valence-corrected chi connectivity index (χ1v) is 9.10.